The van der Waals surface area contributed by atoms with E-state index in [0.717, 1.165) is 55.7 Å². The van der Waals surface area contributed by atoms with E-state index in [9.17, 15) is 4.79 Å². The number of aromatic nitrogens is 3. The van der Waals surface area contributed by atoms with Gasteiger partial charge in [0.25, 0.3) is 0 Å². The van der Waals surface area contributed by atoms with Crippen molar-refractivity contribution in [3.05, 3.63) is 18.6 Å². The summed E-state index contributed by atoms with van der Waals surface area (Å²) in [6, 6.07) is 3.82. The standard InChI is InChI=1S/C16H19N7O/c17-5-7-19-15(24)23-8-1-3-16(23)4-9-22(10-16)14-12-2-6-18-13(12)20-11-21-14/h2,6,11H,1,3-4,7-10H2,(H,19,24)(H,18,20,21). The number of carbonyl (C=O) groups excluding carboxylic acids is 1. The van der Waals surface area contributed by atoms with Gasteiger partial charge < -0.3 is 20.1 Å². The first kappa shape index (κ1) is 14.8. The molecule has 124 valence electrons. The van der Waals surface area contributed by atoms with Crippen LogP contribution >= 0.6 is 0 Å². The van der Waals surface area contributed by atoms with Gasteiger partial charge in [0, 0.05) is 25.8 Å². The molecule has 8 nitrogen and oxygen atoms in total. The van der Waals surface area contributed by atoms with Crippen molar-refractivity contribution in [2.45, 2.75) is 24.8 Å². The summed E-state index contributed by atoms with van der Waals surface area (Å²) in [6.45, 7) is 2.42. The fourth-order valence-corrected chi connectivity index (χ4v) is 4.04. The van der Waals surface area contributed by atoms with Gasteiger partial charge in [0.1, 0.15) is 24.3 Å². The molecule has 24 heavy (non-hydrogen) atoms. The number of anilines is 1. The van der Waals surface area contributed by atoms with Gasteiger partial charge in [-0.1, -0.05) is 0 Å². The minimum atomic E-state index is -0.160. The molecule has 2 fully saturated rings. The van der Waals surface area contributed by atoms with E-state index in [4.69, 9.17) is 5.26 Å². The van der Waals surface area contributed by atoms with Gasteiger partial charge in [-0.2, -0.15) is 5.26 Å². The zero-order chi connectivity index (χ0) is 16.6. The molecule has 4 rings (SSSR count). The summed E-state index contributed by atoms with van der Waals surface area (Å²) < 4.78 is 0. The van der Waals surface area contributed by atoms with Gasteiger partial charge in [0.2, 0.25) is 0 Å². The molecule has 0 saturated carbocycles. The first-order valence-corrected chi connectivity index (χ1v) is 8.19. The summed E-state index contributed by atoms with van der Waals surface area (Å²) in [6.07, 6.45) is 6.35. The van der Waals surface area contributed by atoms with Crippen molar-refractivity contribution in [3.8, 4) is 6.07 Å². The van der Waals surface area contributed by atoms with Crippen LogP contribution in [0, 0.1) is 11.3 Å². The van der Waals surface area contributed by atoms with Gasteiger partial charge in [-0.3, -0.25) is 0 Å². The van der Waals surface area contributed by atoms with Crippen LogP contribution in [0.1, 0.15) is 19.3 Å². The molecule has 2 N–H and O–H groups in total. The van der Waals surface area contributed by atoms with Crippen LogP contribution in [0.5, 0.6) is 0 Å². The minimum Gasteiger partial charge on any atom is -0.354 e. The zero-order valence-corrected chi connectivity index (χ0v) is 13.3. The highest BCUT2D eigenvalue weighted by Gasteiger charge is 2.48. The van der Waals surface area contributed by atoms with Crippen LogP contribution < -0.4 is 10.2 Å². The van der Waals surface area contributed by atoms with E-state index in [1.807, 2.05) is 23.2 Å². The van der Waals surface area contributed by atoms with E-state index in [1.54, 1.807) is 6.33 Å². The van der Waals surface area contributed by atoms with Crippen molar-refractivity contribution >= 4 is 22.9 Å². The lowest BCUT2D eigenvalue weighted by molar-refractivity contribution is 0.158. The minimum absolute atomic E-state index is 0.0466. The molecular weight excluding hydrogens is 306 g/mol. The number of aromatic amines is 1. The molecule has 2 aromatic rings. The average Bonchev–Trinajstić information content (AvgIpc) is 3.32. The second-order valence-electron chi connectivity index (χ2n) is 6.41. The van der Waals surface area contributed by atoms with E-state index in [-0.39, 0.29) is 18.1 Å². The molecular formula is C16H19N7O. The lowest BCUT2D eigenvalue weighted by Crippen LogP contribution is -2.52. The summed E-state index contributed by atoms with van der Waals surface area (Å²) in [5, 5.41) is 12.4. The molecule has 0 bridgehead atoms. The topological polar surface area (TPSA) is 101 Å². The molecule has 2 saturated heterocycles. The van der Waals surface area contributed by atoms with Crippen LogP contribution in [0.15, 0.2) is 18.6 Å². The number of nitriles is 1. The molecule has 1 atom stereocenters. The van der Waals surface area contributed by atoms with Crippen LogP contribution in [0.4, 0.5) is 10.6 Å². The molecule has 0 radical (unpaired) electrons. The molecule has 2 aliphatic rings. The number of nitrogens with zero attached hydrogens (tertiary/aromatic N) is 5. The largest absolute Gasteiger partial charge is 0.354 e. The van der Waals surface area contributed by atoms with E-state index in [0.29, 0.717) is 0 Å². The van der Waals surface area contributed by atoms with Crippen molar-refractivity contribution in [1.29, 1.82) is 5.26 Å². The number of nitrogens with one attached hydrogen (secondary N) is 2. The third-order valence-corrected chi connectivity index (χ3v) is 5.12. The predicted octanol–water partition coefficient (Wildman–Crippen LogP) is 1.24. The highest BCUT2D eigenvalue weighted by Crippen LogP contribution is 2.39. The van der Waals surface area contributed by atoms with Gasteiger partial charge >= 0.3 is 6.03 Å². The van der Waals surface area contributed by atoms with Crippen molar-refractivity contribution < 1.29 is 4.79 Å². The van der Waals surface area contributed by atoms with Crippen molar-refractivity contribution in [2.24, 2.45) is 0 Å². The van der Waals surface area contributed by atoms with Gasteiger partial charge in [-0.25, -0.2) is 14.8 Å². The number of likely N-dealkylation sites (tertiary alicyclic amines) is 1. The van der Waals surface area contributed by atoms with Crippen LogP contribution in [0.3, 0.4) is 0 Å². The summed E-state index contributed by atoms with van der Waals surface area (Å²) in [7, 11) is 0. The van der Waals surface area contributed by atoms with Crippen molar-refractivity contribution in [2.75, 3.05) is 31.1 Å². The summed E-state index contributed by atoms with van der Waals surface area (Å²) in [5.41, 5.74) is 0.670. The van der Waals surface area contributed by atoms with E-state index in [1.165, 1.54) is 0 Å². The molecule has 8 heteroatoms. The number of hydrogen-bond acceptors (Lipinski definition) is 5. The maximum Gasteiger partial charge on any atom is 0.318 e. The number of carbonyl (C=O) groups is 1. The monoisotopic (exact) mass is 325 g/mol. The number of hydrogen-bond donors (Lipinski definition) is 2. The second kappa shape index (κ2) is 5.67. The fourth-order valence-electron chi connectivity index (χ4n) is 4.04. The van der Waals surface area contributed by atoms with Gasteiger partial charge in [0.15, 0.2) is 0 Å². The summed E-state index contributed by atoms with van der Waals surface area (Å²) >= 11 is 0. The van der Waals surface area contributed by atoms with Gasteiger partial charge in [-0.15, -0.1) is 0 Å². The third-order valence-electron chi connectivity index (χ3n) is 5.12. The molecule has 0 aromatic carbocycles. The molecule has 4 heterocycles. The number of amides is 2. The lowest BCUT2D eigenvalue weighted by atomic mass is 9.95. The Bertz CT molecular complexity index is 810. The predicted molar refractivity (Wildman–Crippen MR) is 88.4 cm³/mol. The Morgan fingerprint density at radius 3 is 3.21 bits per heavy atom. The maximum absolute atomic E-state index is 12.4. The van der Waals surface area contributed by atoms with Crippen molar-refractivity contribution in [3.63, 3.8) is 0 Å². The molecule has 1 unspecified atom stereocenters. The summed E-state index contributed by atoms with van der Waals surface area (Å²) in [5.74, 6) is 0.919. The Morgan fingerprint density at radius 1 is 1.42 bits per heavy atom. The van der Waals surface area contributed by atoms with Gasteiger partial charge in [-0.05, 0) is 25.3 Å². The van der Waals surface area contributed by atoms with Crippen LogP contribution in [0.2, 0.25) is 0 Å². The van der Waals surface area contributed by atoms with Crippen LogP contribution in [-0.2, 0) is 0 Å². The zero-order valence-electron chi connectivity index (χ0n) is 13.3. The first-order valence-electron chi connectivity index (χ1n) is 8.19. The van der Waals surface area contributed by atoms with E-state index < -0.39 is 0 Å². The second-order valence-corrected chi connectivity index (χ2v) is 6.41. The van der Waals surface area contributed by atoms with E-state index >= 15 is 0 Å². The molecule has 2 amide bonds. The Balaban J connectivity index is 1.58. The Hall–Kier alpha value is -2.82. The van der Waals surface area contributed by atoms with Crippen molar-refractivity contribution in [1.82, 2.24) is 25.2 Å². The fraction of sp³-hybridized carbons (Fsp3) is 0.500. The average molecular weight is 325 g/mol. The molecule has 2 aromatic heterocycles. The quantitative estimate of drug-likeness (QED) is 0.809. The SMILES string of the molecule is N#CCNC(=O)N1CCCC12CCN(c1ncnc3[nH]ccc13)C2. The Kier molecular flexibility index (Phi) is 3.49. The number of rotatable bonds is 2. The first-order chi connectivity index (χ1) is 11.7. The van der Waals surface area contributed by atoms with E-state index in [2.05, 4.69) is 25.2 Å². The summed E-state index contributed by atoms with van der Waals surface area (Å²) in [4.78, 5) is 28.4. The Labute approximate surface area is 139 Å². The normalized spacial score (nSPS) is 23.1. The third kappa shape index (κ3) is 2.24. The number of urea groups is 1. The van der Waals surface area contributed by atoms with Crippen LogP contribution in [0.25, 0.3) is 11.0 Å². The van der Waals surface area contributed by atoms with Crippen LogP contribution in [-0.4, -0.2) is 57.6 Å². The molecule has 2 aliphatic heterocycles. The number of H-pyrrole nitrogens is 1. The highest BCUT2D eigenvalue weighted by atomic mass is 16.2. The lowest BCUT2D eigenvalue weighted by Gasteiger charge is -2.35. The Morgan fingerprint density at radius 2 is 2.33 bits per heavy atom. The highest BCUT2D eigenvalue weighted by molar-refractivity contribution is 5.87. The number of fused-ring (bicyclic) bond motifs is 1. The molecule has 1 spiro atoms. The maximum atomic E-state index is 12.4. The molecule has 0 aliphatic carbocycles. The van der Waals surface area contributed by atoms with Gasteiger partial charge in [0.05, 0.1) is 17.0 Å². The smallest absolute Gasteiger partial charge is 0.318 e.